The van der Waals surface area contributed by atoms with Crippen molar-refractivity contribution >= 4 is 5.91 Å². The molecule has 2 aliphatic rings. The van der Waals surface area contributed by atoms with E-state index >= 15 is 0 Å². The average Bonchev–Trinajstić information content (AvgIpc) is 3.20. The SMILES string of the molecule is CCC(NC(C)C(=O)NC1CC1)C1CCCCC1. The third-order valence-corrected chi connectivity index (χ3v) is 4.44. The molecule has 3 heteroatoms. The molecule has 1 amide bonds. The molecule has 0 spiro atoms. The summed E-state index contributed by atoms with van der Waals surface area (Å²) >= 11 is 0. The van der Waals surface area contributed by atoms with Gasteiger partial charge in [-0.3, -0.25) is 4.79 Å². The molecule has 0 aromatic rings. The quantitative estimate of drug-likeness (QED) is 0.763. The second-order valence-corrected chi connectivity index (χ2v) is 6.08. The molecule has 0 heterocycles. The first-order valence-electron chi connectivity index (χ1n) is 7.77. The highest BCUT2D eigenvalue weighted by Gasteiger charge is 2.28. The first kappa shape index (κ1) is 13.9. The van der Waals surface area contributed by atoms with E-state index in [4.69, 9.17) is 0 Å². The summed E-state index contributed by atoms with van der Waals surface area (Å²) in [4.78, 5) is 12.0. The minimum atomic E-state index is -0.0440. The molecular weight excluding hydrogens is 224 g/mol. The van der Waals surface area contributed by atoms with E-state index in [2.05, 4.69) is 17.6 Å². The van der Waals surface area contributed by atoms with Crippen LogP contribution in [0, 0.1) is 5.92 Å². The fourth-order valence-corrected chi connectivity index (χ4v) is 3.07. The fourth-order valence-electron chi connectivity index (χ4n) is 3.07. The van der Waals surface area contributed by atoms with Crippen molar-refractivity contribution in [2.24, 2.45) is 5.92 Å². The molecule has 2 atom stereocenters. The molecule has 0 bridgehead atoms. The minimum absolute atomic E-state index is 0.0440. The van der Waals surface area contributed by atoms with Gasteiger partial charge in [0.2, 0.25) is 5.91 Å². The van der Waals surface area contributed by atoms with Crippen LogP contribution in [-0.2, 0) is 4.79 Å². The van der Waals surface area contributed by atoms with Crippen molar-refractivity contribution in [3.8, 4) is 0 Å². The van der Waals surface area contributed by atoms with Gasteiger partial charge in [0.15, 0.2) is 0 Å². The van der Waals surface area contributed by atoms with Crippen molar-refractivity contribution in [1.82, 2.24) is 10.6 Å². The second kappa shape index (κ2) is 6.55. The lowest BCUT2D eigenvalue weighted by Crippen LogP contribution is -2.49. The highest BCUT2D eigenvalue weighted by Crippen LogP contribution is 2.28. The van der Waals surface area contributed by atoms with Crippen LogP contribution in [0.25, 0.3) is 0 Å². The Hall–Kier alpha value is -0.570. The monoisotopic (exact) mass is 252 g/mol. The third kappa shape index (κ3) is 3.98. The molecule has 0 saturated heterocycles. The van der Waals surface area contributed by atoms with Crippen molar-refractivity contribution in [2.45, 2.75) is 83.3 Å². The largest absolute Gasteiger partial charge is 0.352 e. The van der Waals surface area contributed by atoms with Gasteiger partial charge in [-0.2, -0.15) is 0 Å². The van der Waals surface area contributed by atoms with Gasteiger partial charge in [0.25, 0.3) is 0 Å². The van der Waals surface area contributed by atoms with Crippen LogP contribution in [0.1, 0.15) is 65.2 Å². The summed E-state index contributed by atoms with van der Waals surface area (Å²) in [5, 5.41) is 6.64. The third-order valence-electron chi connectivity index (χ3n) is 4.44. The van der Waals surface area contributed by atoms with E-state index in [0.717, 1.165) is 25.2 Å². The maximum absolute atomic E-state index is 12.0. The molecule has 2 saturated carbocycles. The zero-order valence-electron chi connectivity index (χ0n) is 11.9. The lowest BCUT2D eigenvalue weighted by atomic mass is 9.82. The number of nitrogens with one attached hydrogen (secondary N) is 2. The van der Waals surface area contributed by atoms with Crippen LogP contribution in [0.2, 0.25) is 0 Å². The first-order chi connectivity index (χ1) is 8.70. The van der Waals surface area contributed by atoms with Crippen LogP contribution in [0.3, 0.4) is 0 Å². The molecule has 18 heavy (non-hydrogen) atoms. The topological polar surface area (TPSA) is 41.1 Å². The minimum Gasteiger partial charge on any atom is -0.352 e. The Labute approximate surface area is 111 Å². The molecule has 0 radical (unpaired) electrons. The van der Waals surface area contributed by atoms with Gasteiger partial charge in [-0.15, -0.1) is 0 Å². The van der Waals surface area contributed by atoms with Gasteiger partial charge in [0, 0.05) is 12.1 Å². The molecule has 0 aromatic heterocycles. The van der Waals surface area contributed by atoms with Gasteiger partial charge in [0.1, 0.15) is 0 Å². The fraction of sp³-hybridized carbons (Fsp3) is 0.933. The van der Waals surface area contributed by atoms with E-state index in [9.17, 15) is 4.79 Å². The van der Waals surface area contributed by atoms with Gasteiger partial charge in [0.05, 0.1) is 6.04 Å². The van der Waals surface area contributed by atoms with Crippen LogP contribution in [-0.4, -0.2) is 24.0 Å². The van der Waals surface area contributed by atoms with E-state index < -0.39 is 0 Å². The smallest absolute Gasteiger partial charge is 0.237 e. The summed E-state index contributed by atoms with van der Waals surface area (Å²) in [7, 11) is 0. The van der Waals surface area contributed by atoms with Gasteiger partial charge in [-0.1, -0.05) is 26.2 Å². The molecule has 2 rings (SSSR count). The molecule has 2 N–H and O–H groups in total. The maximum atomic E-state index is 12.0. The molecule has 0 aliphatic heterocycles. The Kier molecular flexibility index (Phi) is 5.04. The lowest BCUT2D eigenvalue weighted by Gasteiger charge is -2.32. The number of hydrogen-bond acceptors (Lipinski definition) is 2. The lowest BCUT2D eigenvalue weighted by molar-refractivity contribution is -0.123. The molecule has 0 aromatic carbocycles. The normalized spacial score (nSPS) is 24.6. The highest BCUT2D eigenvalue weighted by atomic mass is 16.2. The van der Waals surface area contributed by atoms with E-state index in [1.807, 2.05) is 6.92 Å². The first-order valence-corrected chi connectivity index (χ1v) is 7.77. The van der Waals surface area contributed by atoms with Crippen LogP contribution in [0.5, 0.6) is 0 Å². The maximum Gasteiger partial charge on any atom is 0.237 e. The number of carbonyl (C=O) groups is 1. The van der Waals surface area contributed by atoms with Crippen molar-refractivity contribution in [3.05, 3.63) is 0 Å². The predicted molar refractivity (Wildman–Crippen MR) is 74.4 cm³/mol. The molecule has 3 nitrogen and oxygen atoms in total. The molecule has 2 aliphatic carbocycles. The zero-order valence-corrected chi connectivity index (χ0v) is 11.9. The van der Waals surface area contributed by atoms with Gasteiger partial charge < -0.3 is 10.6 Å². The molecule has 2 unspecified atom stereocenters. The summed E-state index contributed by atoms with van der Waals surface area (Å²) in [5.74, 6) is 0.965. The van der Waals surface area contributed by atoms with E-state index in [1.54, 1.807) is 0 Å². The Morgan fingerprint density at radius 2 is 1.83 bits per heavy atom. The van der Waals surface area contributed by atoms with E-state index in [0.29, 0.717) is 12.1 Å². The van der Waals surface area contributed by atoms with Gasteiger partial charge >= 0.3 is 0 Å². The molecular formula is C15H28N2O. The predicted octanol–water partition coefficient (Wildman–Crippen LogP) is 2.60. The van der Waals surface area contributed by atoms with Crippen LogP contribution in [0.15, 0.2) is 0 Å². The van der Waals surface area contributed by atoms with Crippen LogP contribution in [0.4, 0.5) is 0 Å². The van der Waals surface area contributed by atoms with Gasteiger partial charge in [-0.05, 0) is 44.9 Å². The van der Waals surface area contributed by atoms with Crippen LogP contribution < -0.4 is 10.6 Å². The van der Waals surface area contributed by atoms with Crippen molar-refractivity contribution in [2.75, 3.05) is 0 Å². The Morgan fingerprint density at radius 1 is 1.17 bits per heavy atom. The Morgan fingerprint density at radius 3 is 2.39 bits per heavy atom. The second-order valence-electron chi connectivity index (χ2n) is 6.08. The zero-order chi connectivity index (χ0) is 13.0. The summed E-state index contributed by atoms with van der Waals surface area (Å²) in [6.45, 7) is 4.24. The number of amides is 1. The Balaban J connectivity index is 1.78. The van der Waals surface area contributed by atoms with E-state index in [-0.39, 0.29) is 11.9 Å². The van der Waals surface area contributed by atoms with Crippen molar-refractivity contribution in [3.63, 3.8) is 0 Å². The number of hydrogen-bond donors (Lipinski definition) is 2. The standard InChI is InChI=1S/C15H28N2O/c1-3-14(12-7-5-4-6-8-12)16-11(2)15(18)17-13-9-10-13/h11-14,16H,3-10H2,1-2H3,(H,17,18). The van der Waals surface area contributed by atoms with E-state index in [1.165, 1.54) is 32.1 Å². The average molecular weight is 252 g/mol. The molecule has 104 valence electrons. The summed E-state index contributed by atoms with van der Waals surface area (Å²) in [5.41, 5.74) is 0. The Bertz CT molecular complexity index is 270. The van der Waals surface area contributed by atoms with Crippen LogP contribution >= 0.6 is 0 Å². The highest BCUT2D eigenvalue weighted by molar-refractivity contribution is 5.81. The van der Waals surface area contributed by atoms with Crippen molar-refractivity contribution in [1.29, 1.82) is 0 Å². The molecule has 2 fully saturated rings. The summed E-state index contributed by atoms with van der Waals surface area (Å²) < 4.78 is 0. The number of rotatable bonds is 6. The van der Waals surface area contributed by atoms with Gasteiger partial charge in [-0.25, -0.2) is 0 Å². The number of carbonyl (C=O) groups excluding carboxylic acids is 1. The summed E-state index contributed by atoms with van der Waals surface area (Å²) in [6, 6.07) is 0.944. The van der Waals surface area contributed by atoms with Crippen molar-refractivity contribution < 1.29 is 4.79 Å². The summed E-state index contributed by atoms with van der Waals surface area (Å²) in [6.07, 6.45) is 10.3.